The molecule has 0 aromatic heterocycles. The highest BCUT2D eigenvalue weighted by Gasteiger charge is 2.21. The molecule has 0 radical (unpaired) electrons. The summed E-state index contributed by atoms with van der Waals surface area (Å²) in [5.41, 5.74) is 0.838. The third-order valence-electron chi connectivity index (χ3n) is 3.14. The van der Waals surface area contributed by atoms with Crippen molar-refractivity contribution in [3.05, 3.63) is 53.6 Å². The molecular weight excluding hydrogens is 352 g/mol. The van der Waals surface area contributed by atoms with Gasteiger partial charge in [0.25, 0.3) is 0 Å². The van der Waals surface area contributed by atoms with Gasteiger partial charge in [-0.05, 0) is 30.3 Å². The molecule has 8 heteroatoms. The van der Waals surface area contributed by atoms with Crippen molar-refractivity contribution in [1.82, 2.24) is 0 Å². The fourth-order valence-corrected chi connectivity index (χ4v) is 3.10. The van der Waals surface area contributed by atoms with E-state index in [-0.39, 0.29) is 6.54 Å². The molecule has 0 fully saturated rings. The Labute approximate surface area is 146 Å². The van der Waals surface area contributed by atoms with E-state index in [1.807, 2.05) is 0 Å². The van der Waals surface area contributed by atoms with Crippen molar-refractivity contribution >= 4 is 38.9 Å². The summed E-state index contributed by atoms with van der Waals surface area (Å²) >= 11 is 5.86. The highest BCUT2D eigenvalue weighted by Crippen LogP contribution is 2.23. The molecule has 0 unspecified atom stereocenters. The molecule has 0 saturated carbocycles. The number of ether oxygens (including phenoxy) is 1. The van der Waals surface area contributed by atoms with E-state index in [9.17, 15) is 13.2 Å². The Kier molecular flexibility index (Phi) is 5.69. The molecule has 1 N–H and O–H groups in total. The van der Waals surface area contributed by atoms with Gasteiger partial charge in [-0.2, -0.15) is 0 Å². The lowest BCUT2D eigenvalue weighted by molar-refractivity contribution is -0.114. The molecule has 24 heavy (non-hydrogen) atoms. The summed E-state index contributed by atoms with van der Waals surface area (Å²) in [4.78, 5) is 12.2. The van der Waals surface area contributed by atoms with Gasteiger partial charge < -0.3 is 10.1 Å². The zero-order chi connectivity index (χ0) is 17.7. The quantitative estimate of drug-likeness (QED) is 0.850. The molecule has 0 spiro atoms. The predicted octanol–water partition coefficient (Wildman–Crippen LogP) is 2.75. The van der Waals surface area contributed by atoms with E-state index in [1.165, 1.54) is 7.11 Å². The second-order valence-electron chi connectivity index (χ2n) is 5.03. The van der Waals surface area contributed by atoms with Crippen molar-refractivity contribution in [3.8, 4) is 5.75 Å². The number of anilines is 2. The van der Waals surface area contributed by atoms with Gasteiger partial charge in [-0.3, -0.25) is 9.10 Å². The number of amides is 1. The van der Waals surface area contributed by atoms with Crippen LogP contribution in [-0.2, 0) is 14.8 Å². The maximum absolute atomic E-state index is 12.2. The van der Waals surface area contributed by atoms with Crippen LogP contribution in [-0.4, -0.2) is 34.2 Å². The Morgan fingerprint density at radius 1 is 1.21 bits per heavy atom. The number of rotatable bonds is 6. The third kappa shape index (κ3) is 4.87. The third-order valence-corrected chi connectivity index (χ3v) is 4.51. The number of nitrogens with zero attached hydrogens (tertiary/aromatic N) is 1. The van der Waals surface area contributed by atoms with Crippen molar-refractivity contribution in [1.29, 1.82) is 0 Å². The van der Waals surface area contributed by atoms with Crippen LogP contribution in [0.25, 0.3) is 0 Å². The molecule has 0 aliphatic rings. The summed E-state index contributed by atoms with van der Waals surface area (Å²) in [5.74, 6) is 0.0157. The molecule has 0 heterocycles. The molecule has 0 atom stereocenters. The lowest BCUT2D eigenvalue weighted by atomic mass is 10.3. The van der Waals surface area contributed by atoms with Crippen molar-refractivity contribution in [2.24, 2.45) is 0 Å². The Morgan fingerprint density at radius 3 is 2.54 bits per heavy atom. The van der Waals surface area contributed by atoms with Gasteiger partial charge in [0.1, 0.15) is 12.3 Å². The fraction of sp³-hybridized carbons (Fsp3) is 0.188. The average molecular weight is 369 g/mol. The van der Waals surface area contributed by atoms with Crippen molar-refractivity contribution in [2.45, 2.75) is 0 Å². The van der Waals surface area contributed by atoms with Gasteiger partial charge >= 0.3 is 0 Å². The Hall–Kier alpha value is -2.25. The van der Waals surface area contributed by atoms with E-state index in [1.54, 1.807) is 48.5 Å². The van der Waals surface area contributed by atoms with Crippen molar-refractivity contribution in [2.75, 3.05) is 29.5 Å². The Morgan fingerprint density at radius 2 is 1.92 bits per heavy atom. The molecule has 6 nitrogen and oxygen atoms in total. The topological polar surface area (TPSA) is 75.7 Å². The van der Waals surface area contributed by atoms with Gasteiger partial charge in [0.2, 0.25) is 15.9 Å². The van der Waals surface area contributed by atoms with Gasteiger partial charge in [-0.15, -0.1) is 0 Å². The lowest BCUT2D eigenvalue weighted by Crippen LogP contribution is -2.37. The second kappa shape index (κ2) is 7.55. The SMILES string of the molecule is COc1cccc(N(CC(=O)Nc2cccc(Cl)c2)S(C)(=O)=O)c1. The predicted molar refractivity (Wildman–Crippen MR) is 95.3 cm³/mol. The summed E-state index contributed by atoms with van der Waals surface area (Å²) in [6, 6.07) is 13.1. The maximum atomic E-state index is 12.2. The van der Waals surface area contributed by atoms with Crippen LogP contribution in [0.15, 0.2) is 48.5 Å². The molecule has 0 saturated heterocycles. The maximum Gasteiger partial charge on any atom is 0.245 e. The first-order valence-corrected chi connectivity index (χ1v) is 9.19. The number of hydrogen-bond acceptors (Lipinski definition) is 4. The van der Waals surface area contributed by atoms with Crippen LogP contribution in [0, 0.1) is 0 Å². The summed E-state index contributed by atoms with van der Waals surface area (Å²) in [5, 5.41) is 3.10. The van der Waals surface area contributed by atoms with Gasteiger partial charge in [-0.25, -0.2) is 8.42 Å². The average Bonchev–Trinajstić information content (AvgIpc) is 2.51. The number of benzene rings is 2. The zero-order valence-electron chi connectivity index (χ0n) is 13.2. The van der Waals surface area contributed by atoms with Crippen LogP contribution < -0.4 is 14.4 Å². The van der Waals surface area contributed by atoms with Crippen LogP contribution in [0.4, 0.5) is 11.4 Å². The first-order valence-electron chi connectivity index (χ1n) is 6.97. The Balaban J connectivity index is 2.21. The van der Waals surface area contributed by atoms with E-state index in [0.29, 0.717) is 22.1 Å². The van der Waals surface area contributed by atoms with Crippen LogP contribution >= 0.6 is 11.6 Å². The first kappa shape index (κ1) is 18.1. The normalized spacial score (nSPS) is 11.0. The number of sulfonamides is 1. The molecule has 1 amide bonds. The molecule has 128 valence electrons. The number of nitrogens with one attached hydrogen (secondary N) is 1. The number of halogens is 1. The van der Waals surface area contributed by atoms with E-state index < -0.39 is 15.9 Å². The number of carbonyl (C=O) groups excluding carboxylic acids is 1. The molecule has 0 aliphatic carbocycles. The first-order chi connectivity index (χ1) is 11.3. The minimum atomic E-state index is -3.65. The molecule has 0 aliphatic heterocycles. The monoisotopic (exact) mass is 368 g/mol. The van der Waals surface area contributed by atoms with Crippen LogP contribution in [0.2, 0.25) is 5.02 Å². The summed E-state index contributed by atoms with van der Waals surface area (Å²) in [6.45, 7) is -0.363. The van der Waals surface area contributed by atoms with Crippen LogP contribution in [0.5, 0.6) is 5.75 Å². The standard InChI is InChI=1S/C16H17ClN2O4S/c1-23-15-8-4-7-14(10-15)19(24(2,21)22)11-16(20)18-13-6-3-5-12(17)9-13/h3-10H,11H2,1-2H3,(H,18,20). The second-order valence-corrected chi connectivity index (χ2v) is 7.37. The van der Waals surface area contributed by atoms with Gasteiger partial charge in [0.05, 0.1) is 19.1 Å². The molecular formula is C16H17ClN2O4S. The van der Waals surface area contributed by atoms with Crippen molar-refractivity contribution in [3.63, 3.8) is 0 Å². The van der Waals surface area contributed by atoms with Crippen LogP contribution in [0.3, 0.4) is 0 Å². The van der Waals surface area contributed by atoms with Crippen molar-refractivity contribution < 1.29 is 17.9 Å². The van der Waals surface area contributed by atoms with E-state index >= 15 is 0 Å². The summed E-state index contributed by atoms with van der Waals surface area (Å²) < 4.78 is 30.2. The van der Waals surface area contributed by atoms with Crippen LogP contribution in [0.1, 0.15) is 0 Å². The minimum Gasteiger partial charge on any atom is -0.497 e. The molecule has 2 aromatic carbocycles. The number of carbonyl (C=O) groups is 1. The van der Waals surface area contributed by atoms with Gasteiger partial charge in [0, 0.05) is 16.8 Å². The van der Waals surface area contributed by atoms with E-state index in [2.05, 4.69) is 5.32 Å². The smallest absolute Gasteiger partial charge is 0.245 e. The summed E-state index contributed by atoms with van der Waals surface area (Å²) in [6.07, 6.45) is 1.04. The molecule has 0 bridgehead atoms. The number of hydrogen-bond donors (Lipinski definition) is 1. The lowest BCUT2D eigenvalue weighted by Gasteiger charge is -2.22. The minimum absolute atomic E-state index is 0.345. The molecule has 2 rings (SSSR count). The highest BCUT2D eigenvalue weighted by molar-refractivity contribution is 7.92. The van der Waals surface area contributed by atoms with Gasteiger partial charge in [-0.1, -0.05) is 23.7 Å². The fourth-order valence-electron chi connectivity index (χ4n) is 2.06. The Bertz CT molecular complexity index is 839. The van der Waals surface area contributed by atoms with Gasteiger partial charge in [0.15, 0.2) is 0 Å². The summed E-state index contributed by atoms with van der Waals surface area (Å²) in [7, 11) is -2.17. The zero-order valence-corrected chi connectivity index (χ0v) is 14.8. The highest BCUT2D eigenvalue weighted by atomic mass is 35.5. The number of methoxy groups -OCH3 is 1. The molecule has 2 aromatic rings. The van der Waals surface area contributed by atoms with E-state index in [4.69, 9.17) is 16.3 Å². The van der Waals surface area contributed by atoms with E-state index in [0.717, 1.165) is 10.6 Å². The largest absolute Gasteiger partial charge is 0.497 e.